The second-order valence-electron chi connectivity index (χ2n) is 6.32. The van der Waals surface area contributed by atoms with Crippen molar-refractivity contribution >= 4 is 11.7 Å². The molecule has 0 aromatic carbocycles. The summed E-state index contributed by atoms with van der Waals surface area (Å²) in [6.45, 7) is 11.1. The number of Topliss-reactive ketones (excluding diaryl/α,β-unsaturated/α-hetero) is 1. The highest BCUT2D eigenvalue weighted by atomic mass is 16.2. The maximum Gasteiger partial charge on any atom is 0.240 e. The molecular weight excluding hydrogens is 240 g/mol. The summed E-state index contributed by atoms with van der Waals surface area (Å²) in [4.78, 5) is 25.0. The summed E-state index contributed by atoms with van der Waals surface area (Å²) in [6.07, 6.45) is 2.53. The predicted molar refractivity (Wildman–Crippen MR) is 78.7 cm³/mol. The standard InChI is InChI=1S/C15H28N2O2/c1-10(12(3)18)8-9-11(2)17(7)14(19)13(16)15(4,5)6/h8,11,13H,9,16H2,1-7H3/b10-8+/t11-,13+/m0/s1. The first-order valence-electron chi connectivity index (χ1n) is 6.68. The highest BCUT2D eigenvalue weighted by Gasteiger charge is 2.31. The first kappa shape index (κ1) is 17.8. The monoisotopic (exact) mass is 268 g/mol. The second-order valence-corrected chi connectivity index (χ2v) is 6.32. The van der Waals surface area contributed by atoms with Crippen molar-refractivity contribution in [2.24, 2.45) is 11.1 Å². The topological polar surface area (TPSA) is 63.4 Å². The van der Waals surface area contributed by atoms with Crippen LogP contribution in [0.15, 0.2) is 11.6 Å². The molecule has 1 amide bonds. The quantitative estimate of drug-likeness (QED) is 0.777. The third-order valence-electron chi connectivity index (χ3n) is 3.53. The number of likely N-dealkylation sites (N-methyl/N-ethyl adjacent to an activating group) is 1. The summed E-state index contributed by atoms with van der Waals surface area (Å²) >= 11 is 0. The minimum absolute atomic E-state index is 0.0233. The molecule has 0 aliphatic heterocycles. The molecule has 19 heavy (non-hydrogen) atoms. The fourth-order valence-electron chi connectivity index (χ4n) is 1.46. The summed E-state index contributed by atoms with van der Waals surface area (Å²) in [7, 11) is 1.76. The van der Waals surface area contributed by atoms with E-state index in [1.807, 2.05) is 33.8 Å². The molecule has 2 atom stereocenters. The number of nitrogens with two attached hydrogens (primary N) is 1. The molecule has 0 saturated heterocycles. The SMILES string of the molecule is CC(=O)/C(C)=C/C[C@H](C)N(C)C(=O)[C@@H](N)C(C)(C)C. The van der Waals surface area contributed by atoms with Crippen LogP contribution in [0.2, 0.25) is 0 Å². The Balaban J connectivity index is 4.66. The number of rotatable bonds is 5. The van der Waals surface area contributed by atoms with Crippen LogP contribution in [-0.4, -0.2) is 35.7 Å². The average Bonchev–Trinajstić information content (AvgIpc) is 2.31. The number of ketones is 1. The molecule has 0 unspecified atom stereocenters. The van der Waals surface area contributed by atoms with Gasteiger partial charge in [0.25, 0.3) is 0 Å². The highest BCUT2D eigenvalue weighted by molar-refractivity contribution is 5.92. The predicted octanol–water partition coefficient (Wildman–Crippen LogP) is 2.13. The van der Waals surface area contributed by atoms with Gasteiger partial charge in [0, 0.05) is 13.1 Å². The van der Waals surface area contributed by atoms with Gasteiger partial charge in [0.15, 0.2) is 5.78 Å². The van der Waals surface area contributed by atoms with Gasteiger partial charge in [0.05, 0.1) is 6.04 Å². The van der Waals surface area contributed by atoms with E-state index in [2.05, 4.69) is 0 Å². The number of allylic oxidation sites excluding steroid dienone is 1. The minimum Gasteiger partial charge on any atom is -0.341 e. The fraction of sp³-hybridized carbons (Fsp3) is 0.733. The van der Waals surface area contributed by atoms with Crippen LogP contribution in [0.3, 0.4) is 0 Å². The fourth-order valence-corrected chi connectivity index (χ4v) is 1.46. The van der Waals surface area contributed by atoms with Gasteiger partial charge < -0.3 is 10.6 Å². The Labute approximate surface area is 117 Å². The number of carbonyl (C=O) groups excluding carboxylic acids is 2. The summed E-state index contributed by atoms with van der Waals surface area (Å²) in [5, 5.41) is 0. The van der Waals surface area contributed by atoms with E-state index in [0.717, 1.165) is 5.57 Å². The lowest BCUT2D eigenvalue weighted by molar-refractivity contribution is -0.135. The molecule has 0 fully saturated rings. The molecular formula is C15H28N2O2. The van der Waals surface area contributed by atoms with Crippen molar-refractivity contribution in [3.8, 4) is 0 Å². The molecule has 4 heteroatoms. The van der Waals surface area contributed by atoms with Crippen LogP contribution in [0.1, 0.15) is 48.0 Å². The molecule has 0 spiro atoms. The van der Waals surface area contributed by atoms with Gasteiger partial charge in [-0.3, -0.25) is 9.59 Å². The Bertz CT molecular complexity index is 367. The Morgan fingerprint density at radius 1 is 1.26 bits per heavy atom. The molecule has 110 valence electrons. The zero-order valence-electron chi connectivity index (χ0n) is 13.3. The lowest BCUT2D eigenvalue weighted by Gasteiger charge is -2.32. The van der Waals surface area contributed by atoms with E-state index in [1.54, 1.807) is 25.8 Å². The van der Waals surface area contributed by atoms with E-state index in [0.29, 0.717) is 6.42 Å². The van der Waals surface area contributed by atoms with Gasteiger partial charge in [0.2, 0.25) is 5.91 Å². The molecule has 0 bridgehead atoms. The molecule has 0 radical (unpaired) electrons. The normalized spacial score (nSPS) is 15.9. The molecule has 0 rings (SSSR count). The van der Waals surface area contributed by atoms with Gasteiger partial charge >= 0.3 is 0 Å². The van der Waals surface area contributed by atoms with Crippen molar-refractivity contribution in [1.29, 1.82) is 0 Å². The smallest absolute Gasteiger partial charge is 0.240 e. The van der Waals surface area contributed by atoms with Crippen molar-refractivity contribution in [3.05, 3.63) is 11.6 Å². The van der Waals surface area contributed by atoms with Crippen LogP contribution in [-0.2, 0) is 9.59 Å². The molecule has 0 aromatic heterocycles. The summed E-state index contributed by atoms with van der Waals surface area (Å²) in [5.74, 6) is 0.00134. The van der Waals surface area contributed by atoms with E-state index in [9.17, 15) is 9.59 Å². The highest BCUT2D eigenvalue weighted by Crippen LogP contribution is 2.20. The minimum atomic E-state index is -0.516. The van der Waals surface area contributed by atoms with Crippen LogP contribution in [0.4, 0.5) is 0 Å². The maximum absolute atomic E-state index is 12.2. The summed E-state index contributed by atoms with van der Waals surface area (Å²) in [6, 6.07) is -0.493. The van der Waals surface area contributed by atoms with Crippen LogP contribution < -0.4 is 5.73 Å². The lowest BCUT2D eigenvalue weighted by atomic mass is 9.86. The molecule has 0 aliphatic carbocycles. The third-order valence-corrected chi connectivity index (χ3v) is 3.53. The molecule has 0 aromatic rings. The van der Waals surface area contributed by atoms with Crippen molar-refractivity contribution in [1.82, 2.24) is 4.90 Å². The van der Waals surface area contributed by atoms with E-state index in [1.165, 1.54) is 0 Å². The average molecular weight is 268 g/mol. The largest absolute Gasteiger partial charge is 0.341 e. The first-order chi connectivity index (χ1) is 8.48. The first-order valence-corrected chi connectivity index (χ1v) is 6.68. The number of hydrogen-bond donors (Lipinski definition) is 1. The van der Waals surface area contributed by atoms with Gasteiger partial charge in [-0.05, 0) is 38.2 Å². The van der Waals surface area contributed by atoms with Crippen molar-refractivity contribution in [2.75, 3.05) is 7.05 Å². The van der Waals surface area contributed by atoms with E-state index < -0.39 is 6.04 Å². The van der Waals surface area contributed by atoms with Gasteiger partial charge in [-0.1, -0.05) is 26.8 Å². The molecule has 0 aliphatic rings. The number of amides is 1. The van der Waals surface area contributed by atoms with Crippen molar-refractivity contribution in [3.63, 3.8) is 0 Å². The van der Waals surface area contributed by atoms with Crippen LogP contribution in [0.25, 0.3) is 0 Å². The lowest BCUT2D eigenvalue weighted by Crippen LogP contribution is -2.51. The molecule has 0 heterocycles. The van der Waals surface area contributed by atoms with Crippen LogP contribution in [0.5, 0.6) is 0 Å². The Morgan fingerprint density at radius 3 is 2.11 bits per heavy atom. The number of carbonyl (C=O) groups is 2. The molecule has 2 N–H and O–H groups in total. The van der Waals surface area contributed by atoms with Crippen molar-refractivity contribution < 1.29 is 9.59 Å². The Hall–Kier alpha value is -1.16. The summed E-state index contributed by atoms with van der Waals surface area (Å²) < 4.78 is 0. The van der Waals surface area contributed by atoms with Crippen molar-refractivity contribution in [2.45, 2.75) is 60.0 Å². The summed E-state index contributed by atoms with van der Waals surface area (Å²) in [5.41, 5.74) is 6.45. The van der Waals surface area contributed by atoms with E-state index >= 15 is 0 Å². The Morgan fingerprint density at radius 2 is 1.74 bits per heavy atom. The number of hydrogen-bond acceptors (Lipinski definition) is 3. The van der Waals surface area contributed by atoms with Gasteiger partial charge in [-0.25, -0.2) is 0 Å². The zero-order valence-corrected chi connectivity index (χ0v) is 13.3. The van der Waals surface area contributed by atoms with Gasteiger partial charge in [-0.15, -0.1) is 0 Å². The maximum atomic E-state index is 12.2. The molecule has 0 saturated carbocycles. The van der Waals surface area contributed by atoms with E-state index in [-0.39, 0.29) is 23.1 Å². The second kappa shape index (κ2) is 6.85. The zero-order chi connectivity index (χ0) is 15.4. The third kappa shape index (κ3) is 5.55. The van der Waals surface area contributed by atoms with E-state index in [4.69, 9.17) is 5.73 Å². The van der Waals surface area contributed by atoms with Gasteiger partial charge in [-0.2, -0.15) is 0 Å². The Kier molecular flexibility index (Phi) is 6.43. The van der Waals surface area contributed by atoms with Crippen LogP contribution in [0, 0.1) is 5.41 Å². The van der Waals surface area contributed by atoms with Crippen LogP contribution >= 0.6 is 0 Å². The van der Waals surface area contributed by atoms with Gasteiger partial charge in [0.1, 0.15) is 0 Å². The number of nitrogens with zero attached hydrogens (tertiary/aromatic N) is 1. The molecule has 4 nitrogen and oxygen atoms in total.